The Hall–Kier alpha value is -10.8. The number of rotatable bonds is 40. The number of esters is 1. The molecule has 8 amide bonds. The van der Waals surface area contributed by atoms with Crippen molar-refractivity contribution in [2.24, 2.45) is 68.1 Å². The number of nitrogens with two attached hydrogens (primary N) is 6. The molecule has 4 aromatic carbocycles. The summed E-state index contributed by atoms with van der Waals surface area (Å²) in [5.74, 6) is -7.47. The van der Waals surface area contributed by atoms with Crippen LogP contribution in [0.3, 0.4) is 0 Å². The van der Waals surface area contributed by atoms with Crippen LogP contribution in [0.15, 0.2) is 88.8 Å². The molecule has 4 aromatic rings. The van der Waals surface area contributed by atoms with Crippen molar-refractivity contribution in [3.05, 3.63) is 112 Å². The molecule has 6 rings (SSSR count). The smallest absolute Gasteiger partial charge is 0.340 e. The molecule has 0 fully saturated rings. The van der Waals surface area contributed by atoms with Crippen LogP contribution in [0.5, 0.6) is 23.0 Å². The van der Waals surface area contributed by atoms with Gasteiger partial charge in [-0.05, 0) is 149 Å². The number of amides is 8. The van der Waals surface area contributed by atoms with E-state index in [-0.39, 0.29) is 153 Å². The van der Waals surface area contributed by atoms with Crippen LogP contribution < -0.4 is 92.3 Å². The van der Waals surface area contributed by atoms with Crippen LogP contribution in [0.4, 0.5) is 5.69 Å². The summed E-state index contributed by atoms with van der Waals surface area (Å²) in [5.41, 5.74) is 35.6. The van der Waals surface area contributed by atoms with Crippen LogP contribution in [-0.2, 0) is 55.2 Å². The Bertz CT molecular complexity index is 3810. The molecule has 33 heteroatoms. The number of phenolic OH excluding ortho intramolecular Hbond substituents is 2. The summed E-state index contributed by atoms with van der Waals surface area (Å²) in [4.78, 5) is 136. The van der Waals surface area contributed by atoms with Gasteiger partial charge in [-0.1, -0.05) is 85.7 Å². The SMILES string of the molecule is CC(C)C[C@H](NC(=O)CCNC(=S)Nc1ccc2c(c1)C(=O)OC21c2ccc(O)cc2Oc2cc(O)ccc21)C(=O)N[C@@H](CC(C)C)C(=O)N[C@@H](CC(C)C)C(=O)N[C@@H](CCCN=C(N)N)C(=O)N[C@@H](CCCN=C(N)N)C(=O)N[C@H](C(=O)N[C@@H](CCCCN)C(=O)NCc1ccc(C(=N)N)cc1)C(C)C. The van der Waals surface area contributed by atoms with Gasteiger partial charge in [0.2, 0.25) is 47.3 Å². The molecule has 0 aliphatic carbocycles. The van der Waals surface area contributed by atoms with Crippen LogP contribution in [0.25, 0.3) is 0 Å². The Morgan fingerprint density at radius 1 is 0.538 bits per heavy atom. The summed E-state index contributed by atoms with van der Waals surface area (Å²) in [6, 6.07) is 11.9. The van der Waals surface area contributed by atoms with E-state index in [1.54, 1.807) is 68.4 Å². The van der Waals surface area contributed by atoms with Gasteiger partial charge in [-0.3, -0.25) is 53.8 Å². The minimum absolute atomic E-state index is 0.00820. The fourth-order valence-electron chi connectivity index (χ4n) is 12.2. The number of anilines is 1. The van der Waals surface area contributed by atoms with E-state index >= 15 is 0 Å². The number of hydrogen-bond donors (Lipinski definition) is 19. The normalized spacial score (nSPS) is 14.3. The summed E-state index contributed by atoms with van der Waals surface area (Å²) in [7, 11) is 0. The lowest BCUT2D eigenvalue weighted by Crippen LogP contribution is -2.60. The molecule has 32 nitrogen and oxygen atoms in total. The van der Waals surface area contributed by atoms with Gasteiger partial charge in [0, 0.05) is 72.7 Å². The Kier molecular flexibility index (Phi) is 31.6. The summed E-state index contributed by atoms with van der Waals surface area (Å²) in [6.45, 7) is 15.0. The number of benzene rings is 4. The second-order valence-electron chi connectivity index (χ2n) is 28.0. The van der Waals surface area contributed by atoms with Crippen molar-refractivity contribution < 1.29 is 62.8 Å². The first-order valence-corrected chi connectivity index (χ1v) is 36.0. The molecule has 106 heavy (non-hydrogen) atoms. The van der Waals surface area contributed by atoms with Crippen LogP contribution in [-0.4, -0.2) is 155 Å². The Morgan fingerprint density at radius 3 is 1.47 bits per heavy atom. The number of carbonyl (C=O) groups is 9. The number of guanidine groups is 2. The summed E-state index contributed by atoms with van der Waals surface area (Å²) in [6.07, 6.45) is 1.60. The summed E-state index contributed by atoms with van der Waals surface area (Å²) < 4.78 is 12.2. The van der Waals surface area contributed by atoms with Gasteiger partial charge in [0.25, 0.3) is 0 Å². The van der Waals surface area contributed by atoms with E-state index < -0.39 is 107 Å². The molecule has 1 spiro atoms. The first-order chi connectivity index (χ1) is 50.2. The highest BCUT2D eigenvalue weighted by atomic mass is 32.1. The minimum atomic E-state index is -1.48. The molecule has 0 saturated carbocycles. The number of fused-ring (bicyclic) bond motifs is 6. The lowest BCUT2D eigenvalue weighted by molar-refractivity contribution is -0.136. The number of aliphatic imine (C=N–C) groups is 2. The van der Waals surface area contributed by atoms with Crippen LogP contribution >= 0.6 is 12.2 Å². The number of aromatic hydroxyl groups is 2. The molecule has 25 N–H and O–H groups in total. The van der Waals surface area contributed by atoms with E-state index in [2.05, 4.69) is 63.2 Å². The number of unbranched alkanes of at least 4 members (excludes halogenated alkanes) is 1. The molecule has 0 unspecified atom stereocenters. The van der Waals surface area contributed by atoms with Gasteiger partial charge in [0.05, 0.1) is 5.56 Å². The van der Waals surface area contributed by atoms with Gasteiger partial charge in [0.1, 0.15) is 71.1 Å². The summed E-state index contributed by atoms with van der Waals surface area (Å²) >= 11 is 5.59. The molecule has 2 aliphatic rings. The van der Waals surface area contributed by atoms with Crippen molar-refractivity contribution >= 4 is 94.0 Å². The zero-order valence-corrected chi connectivity index (χ0v) is 62.1. The molecular weight excluding hydrogens is 1380 g/mol. The molecular formula is C73H105N19O13S. The number of hydrogen-bond acceptors (Lipinski definition) is 18. The van der Waals surface area contributed by atoms with Gasteiger partial charge in [-0.15, -0.1) is 0 Å². The zero-order chi connectivity index (χ0) is 78.1. The fraction of sp³-hybridized carbons (Fsp3) is 0.493. The average molecular weight is 1490 g/mol. The first-order valence-electron chi connectivity index (χ1n) is 35.6. The van der Waals surface area contributed by atoms with E-state index in [0.29, 0.717) is 52.9 Å². The average Bonchev–Trinajstić information content (AvgIpc) is 1.53. The van der Waals surface area contributed by atoms with Gasteiger partial charge in [-0.2, -0.15) is 0 Å². The molecule has 0 saturated heterocycles. The topological polar surface area (TPSA) is 538 Å². The monoisotopic (exact) mass is 1490 g/mol. The number of nitrogens with one attached hydrogen (secondary N) is 11. The summed E-state index contributed by atoms with van der Waals surface area (Å²) in [5, 5.41) is 56.8. The predicted octanol–water partition coefficient (Wildman–Crippen LogP) is 2.37. The van der Waals surface area contributed by atoms with Gasteiger partial charge in [-0.25, -0.2) is 4.79 Å². The highest BCUT2D eigenvalue weighted by Gasteiger charge is 2.54. The van der Waals surface area contributed by atoms with Crippen molar-refractivity contribution in [3.63, 3.8) is 0 Å². The van der Waals surface area contributed by atoms with E-state index in [4.69, 9.17) is 61.5 Å². The molecule has 2 heterocycles. The van der Waals surface area contributed by atoms with Crippen molar-refractivity contribution in [1.29, 1.82) is 5.41 Å². The lowest BCUT2D eigenvalue weighted by Gasteiger charge is -2.36. The zero-order valence-electron chi connectivity index (χ0n) is 61.3. The van der Waals surface area contributed by atoms with E-state index in [1.807, 2.05) is 41.5 Å². The number of nitrogens with zero attached hydrogens (tertiary/aromatic N) is 2. The standard InChI is InChI=1S/C73H105N19O13S/c1-38(2)31-54(86-59(95)26-30-83-72(106)85-44-20-23-48-47(34-44)69(103)105-73(48)49-24-21-45(93)35-57(49)104-58-36-46(94)22-25-50(58)73)65(99)90-56(33-40(5)6)67(101)91-55(32-39(3)4)66(100)88-52(14-11-28-81-70(77)78)63(97)87-53(15-12-29-82-71(79)80)64(98)92-60(41(7)8)68(102)89-51(13-9-10-27-74)62(96)84-37-42-16-18-43(19-17-42)61(75)76/h16-25,34-36,38-41,51-56,60,93-94H,9-15,26-33,37,74H2,1-8H3,(H3,75,76)(H,84,96)(H,86,95)(H,87,97)(H,88,100)(H,89,102)(H,90,99)(H,91,101)(H,92,98)(H4,77,78,81)(H4,79,80,82)(H2,83,85,106)/t51-,52-,53-,54-,55-,56-,60-/m0/s1. The number of phenols is 2. The van der Waals surface area contributed by atoms with E-state index in [0.717, 1.165) is 0 Å². The molecule has 0 radical (unpaired) electrons. The molecule has 2 aliphatic heterocycles. The molecule has 0 aromatic heterocycles. The largest absolute Gasteiger partial charge is 0.508 e. The predicted molar refractivity (Wildman–Crippen MR) is 406 cm³/mol. The van der Waals surface area contributed by atoms with Gasteiger partial charge >= 0.3 is 5.97 Å². The molecule has 576 valence electrons. The molecule has 7 atom stereocenters. The highest BCUT2D eigenvalue weighted by molar-refractivity contribution is 7.80. The number of carbonyl (C=O) groups excluding carboxylic acids is 9. The van der Waals surface area contributed by atoms with Gasteiger partial charge in [0.15, 0.2) is 22.6 Å². The third-order valence-electron chi connectivity index (χ3n) is 17.4. The van der Waals surface area contributed by atoms with Crippen molar-refractivity contribution in [2.75, 3.05) is 31.5 Å². The third kappa shape index (κ3) is 24.7. The maximum Gasteiger partial charge on any atom is 0.340 e. The Labute approximate surface area is 622 Å². The number of nitrogen functional groups attached to an aromatic ring is 1. The fourth-order valence-corrected chi connectivity index (χ4v) is 12.4. The minimum Gasteiger partial charge on any atom is -0.508 e. The van der Waals surface area contributed by atoms with Gasteiger partial charge < -0.3 is 107 Å². The molecule has 0 bridgehead atoms. The lowest BCUT2D eigenvalue weighted by atomic mass is 9.77. The van der Waals surface area contributed by atoms with Crippen molar-refractivity contribution in [3.8, 4) is 23.0 Å². The first kappa shape index (κ1) is 84.1. The van der Waals surface area contributed by atoms with Crippen molar-refractivity contribution in [1.82, 2.24) is 47.9 Å². The highest BCUT2D eigenvalue weighted by Crippen LogP contribution is 2.57. The maximum absolute atomic E-state index is 14.7. The number of amidine groups is 1. The maximum atomic E-state index is 14.7. The van der Waals surface area contributed by atoms with E-state index in [1.165, 1.54) is 24.3 Å². The number of ether oxygens (including phenoxy) is 2. The Balaban J connectivity index is 1.12. The van der Waals surface area contributed by atoms with Crippen LogP contribution in [0.1, 0.15) is 164 Å². The second kappa shape index (κ2) is 39.9. The van der Waals surface area contributed by atoms with Crippen molar-refractivity contribution in [2.45, 2.75) is 180 Å². The quantitative estimate of drug-likeness (QED) is 0.00999. The Morgan fingerprint density at radius 2 is 0.991 bits per heavy atom. The number of thiocarbonyl (C=S) groups is 1. The van der Waals surface area contributed by atoms with Crippen LogP contribution in [0, 0.1) is 29.1 Å². The third-order valence-corrected chi connectivity index (χ3v) is 17.7. The van der Waals surface area contributed by atoms with Crippen LogP contribution in [0.2, 0.25) is 0 Å². The second-order valence-corrected chi connectivity index (χ2v) is 28.4. The van der Waals surface area contributed by atoms with E-state index in [9.17, 15) is 53.4 Å².